The minimum absolute atomic E-state index is 0.168. The van der Waals surface area contributed by atoms with Crippen LogP contribution in [0, 0.1) is 0 Å². The van der Waals surface area contributed by atoms with Crippen molar-refractivity contribution in [1.29, 1.82) is 0 Å². The molecule has 4 aliphatic heterocycles. The first-order chi connectivity index (χ1) is 65.7. The van der Waals surface area contributed by atoms with Gasteiger partial charge in [0, 0.05) is 174 Å². The highest BCUT2D eigenvalue weighted by Gasteiger charge is 2.31. The molecule has 4 aliphatic rings. The monoisotopic (exact) mass is 1880 g/mol. The maximum atomic E-state index is 13.2. The summed E-state index contributed by atoms with van der Waals surface area (Å²) in [6, 6.07) is 31.0. The maximum absolute atomic E-state index is 13.2. The molecule has 8 N–H and O–H groups in total. The Morgan fingerprint density at radius 3 is 1.10 bits per heavy atom. The molecule has 0 spiro atoms. The predicted octanol–water partition coefficient (Wildman–Crippen LogP) is 8.63. The van der Waals surface area contributed by atoms with Gasteiger partial charge in [-0.1, -0.05) is 30.3 Å². The lowest BCUT2D eigenvalue weighted by atomic mass is 10.1. The molecular weight excluding hydrogens is 1790 g/mol. The first kappa shape index (κ1) is 91.1. The molecule has 0 unspecified atom stereocenters. The smallest absolute Gasteiger partial charge is 0.345 e. The summed E-state index contributed by atoms with van der Waals surface area (Å²) in [5.74, 6) is 3.89. The molecule has 43 heteroatoms. The number of morpholine rings is 4. The number of ether oxygens (including phenoxy) is 5. The summed E-state index contributed by atoms with van der Waals surface area (Å²) < 4.78 is 27.1. The van der Waals surface area contributed by atoms with Gasteiger partial charge in [0.05, 0.1) is 104 Å². The van der Waals surface area contributed by atoms with E-state index in [1.807, 2.05) is 94.3 Å². The Hall–Kier alpha value is -14.9. The molecule has 16 aromatic rings. The number of hydrogen-bond donors (Lipinski definition) is 8. The number of aromatic nitrogens is 18. The molecule has 0 saturated carbocycles. The number of anilines is 4. The SMILES string of the molecule is COc1nccc(CCNC(=O)c2csc3nc(-c4ccccn4)nc(N4CCOCC4)c23)n1.O=C(NCCc1ccc(O)c(O)c1)c1csc2nc(-c3ccccn3)nc(N3CCOCC3)c12.O=C(NCCc1ccnc(=O)[nH]1)c1csc2nc(-c3ccccn3)nc(N3CCOCC3)c12.O=C(NCCc1cnc(=O)[nH]c1)c1csc2nc(-c3ccccn3)nc(N3CCOCC3)c12. The third kappa shape index (κ3) is 22.3. The van der Waals surface area contributed by atoms with Crippen LogP contribution in [0.15, 0.2) is 184 Å². The fourth-order valence-electron chi connectivity index (χ4n) is 14.9. The van der Waals surface area contributed by atoms with Crippen molar-refractivity contribution in [3.05, 3.63) is 240 Å². The van der Waals surface area contributed by atoms with E-state index in [1.165, 1.54) is 77.0 Å². The summed E-state index contributed by atoms with van der Waals surface area (Å²) in [4.78, 5) is 163. The number of nitrogens with zero attached hydrogens (tertiary/aromatic N) is 20. The number of amides is 4. The van der Waals surface area contributed by atoms with Crippen molar-refractivity contribution in [2.24, 2.45) is 0 Å². The summed E-state index contributed by atoms with van der Waals surface area (Å²) in [5, 5.41) is 41.2. The van der Waals surface area contributed by atoms with Gasteiger partial charge in [0.25, 0.3) is 23.6 Å². The summed E-state index contributed by atoms with van der Waals surface area (Å²) in [7, 11) is 1.52. The van der Waals surface area contributed by atoms with Gasteiger partial charge in [-0.15, -0.1) is 45.3 Å². The van der Waals surface area contributed by atoms with E-state index in [0.29, 0.717) is 249 Å². The maximum Gasteiger partial charge on any atom is 0.345 e. The number of phenolic OH excluding ortho intramolecular Hbond substituents is 2. The van der Waals surface area contributed by atoms with E-state index >= 15 is 0 Å². The number of fused-ring (bicyclic) bond motifs is 4. The minimum Gasteiger partial charge on any atom is -0.504 e. The Kier molecular flexibility index (Phi) is 29.8. The molecule has 4 fully saturated rings. The van der Waals surface area contributed by atoms with Crippen LogP contribution in [0.3, 0.4) is 0 Å². The van der Waals surface area contributed by atoms with Crippen LogP contribution in [0.1, 0.15) is 63.9 Å². The lowest BCUT2D eigenvalue weighted by Crippen LogP contribution is -2.37. The fourth-order valence-corrected chi connectivity index (χ4v) is 18.5. The number of phenols is 2. The molecule has 0 atom stereocenters. The topological polar surface area (TPSA) is 488 Å². The number of aromatic hydroxyl groups is 2. The van der Waals surface area contributed by atoms with Crippen LogP contribution in [-0.2, 0) is 44.6 Å². The fraction of sp³-hybridized carbons (Fsp3) is 0.275. The molecular formula is C91H88N26O13S4. The van der Waals surface area contributed by atoms with E-state index in [9.17, 15) is 39.0 Å². The zero-order valence-corrected chi connectivity index (χ0v) is 75.4. The molecule has 1 aromatic carbocycles. The number of aromatic amines is 2. The summed E-state index contributed by atoms with van der Waals surface area (Å²) >= 11 is 5.65. The third-order valence-electron chi connectivity index (χ3n) is 21.6. The molecule has 15 aromatic heterocycles. The number of methoxy groups -OCH3 is 1. The van der Waals surface area contributed by atoms with Crippen molar-refractivity contribution in [2.75, 3.05) is 158 Å². The summed E-state index contributed by atoms with van der Waals surface area (Å²) in [5.41, 5.74) is 7.25. The van der Waals surface area contributed by atoms with Crippen LogP contribution in [0.25, 0.3) is 86.9 Å². The highest BCUT2D eigenvalue weighted by molar-refractivity contribution is 7.18. The molecule has 0 radical (unpaired) electrons. The molecule has 39 nitrogen and oxygen atoms in total. The lowest BCUT2D eigenvalue weighted by molar-refractivity contribution is 0.0947. The molecule has 684 valence electrons. The van der Waals surface area contributed by atoms with E-state index in [0.717, 1.165) is 69.3 Å². The number of hydrogen-bond acceptors (Lipinski definition) is 37. The van der Waals surface area contributed by atoms with Gasteiger partial charge in [-0.3, -0.25) is 39.1 Å². The van der Waals surface area contributed by atoms with Gasteiger partial charge in [0.1, 0.15) is 65.4 Å². The van der Waals surface area contributed by atoms with Crippen LogP contribution >= 0.6 is 45.3 Å². The quantitative estimate of drug-likeness (QED) is 0.0248. The van der Waals surface area contributed by atoms with Gasteiger partial charge in [-0.25, -0.2) is 69.4 Å². The number of H-pyrrole nitrogens is 2. The summed E-state index contributed by atoms with van der Waals surface area (Å²) in [6.45, 7) is 11.9. The Balaban J connectivity index is 0.000000124. The average molecular weight is 1880 g/mol. The number of rotatable bonds is 25. The first-order valence-electron chi connectivity index (χ1n) is 42.9. The van der Waals surface area contributed by atoms with Crippen molar-refractivity contribution in [2.45, 2.75) is 25.7 Å². The molecule has 20 rings (SSSR count). The minimum atomic E-state index is -0.404. The van der Waals surface area contributed by atoms with Crippen LogP contribution in [0.5, 0.6) is 17.5 Å². The second-order valence-corrected chi connectivity index (χ2v) is 33.7. The van der Waals surface area contributed by atoms with Crippen molar-refractivity contribution in [3.63, 3.8) is 0 Å². The van der Waals surface area contributed by atoms with Crippen molar-refractivity contribution >= 4 is 133 Å². The largest absolute Gasteiger partial charge is 0.504 e. The zero-order valence-electron chi connectivity index (χ0n) is 72.2. The Morgan fingerprint density at radius 2 is 0.754 bits per heavy atom. The number of pyridine rings is 4. The first-order valence-corrected chi connectivity index (χ1v) is 46.4. The molecule has 4 saturated heterocycles. The van der Waals surface area contributed by atoms with Crippen molar-refractivity contribution < 1.29 is 53.1 Å². The van der Waals surface area contributed by atoms with E-state index < -0.39 is 11.4 Å². The van der Waals surface area contributed by atoms with E-state index in [-0.39, 0.29) is 35.1 Å². The van der Waals surface area contributed by atoms with Crippen LogP contribution in [-0.4, -0.2) is 262 Å². The van der Waals surface area contributed by atoms with Gasteiger partial charge in [0.2, 0.25) is 0 Å². The Bertz CT molecular complexity index is 6900. The normalized spacial score (nSPS) is 13.8. The predicted molar refractivity (Wildman–Crippen MR) is 507 cm³/mol. The van der Waals surface area contributed by atoms with Gasteiger partial charge in [0.15, 0.2) is 34.8 Å². The van der Waals surface area contributed by atoms with Crippen molar-refractivity contribution in [3.8, 4) is 63.6 Å². The van der Waals surface area contributed by atoms with Gasteiger partial charge in [-0.2, -0.15) is 0 Å². The van der Waals surface area contributed by atoms with E-state index in [2.05, 4.69) is 90.7 Å². The molecule has 0 aliphatic carbocycles. The van der Waals surface area contributed by atoms with E-state index in [1.54, 1.807) is 55.4 Å². The second-order valence-electron chi connectivity index (χ2n) is 30.3. The van der Waals surface area contributed by atoms with Crippen LogP contribution < -0.4 is 57.0 Å². The number of carbonyl (C=O) groups excluding carboxylic acids is 4. The van der Waals surface area contributed by atoms with Crippen LogP contribution in [0.4, 0.5) is 23.3 Å². The number of benzene rings is 1. The van der Waals surface area contributed by atoms with Gasteiger partial charge < -0.3 is 84.7 Å². The van der Waals surface area contributed by atoms with Gasteiger partial charge >= 0.3 is 17.4 Å². The third-order valence-corrected chi connectivity index (χ3v) is 25.1. The van der Waals surface area contributed by atoms with E-state index in [4.69, 9.17) is 63.6 Å². The molecule has 134 heavy (non-hydrogen) atoms. The zero-order chi connectivity index (χ0) is 92.1. The molecule has 0 bridgehead atoms. The lowest BCUT2D eigenvalue weighted by Gasteiger charge is -2.28. The summed E-state index contributed by atoms with van der Waals surface area (Å²) in [6.07, 6.45) is 15.2. The second kappa shape index (κ2) is 43.9. The standard InChI is InChI=1S/C24H23N5O4S.C23H23N7O3S.2C22H21N7O3S/c30-18-5-4-15(13-19(18)31)6-8-26-23(32)16-14-34-24-20(16)22(29-9-11-33-12-10-29)27-21(28-24)17-3-1-2-7-25-17;1-32-23-26-9-6-15(27-23)5-8-25-21(31)16-14-34-22-18(16)20(30-10-12-33-13-11-30)28-19(29-22)17-4-2-3-7-24-17;30-20(24-7-4-14-5-8-25-22(31)26-14)15-13-33-21-17(15)19(29-9-11-32-12-10-29)27-18(28-21)16-3-1-2-6-23-16;30-20(24-6-4-14-11-25-22(31)26-12-14)15-13-33-21-17(15)19(29-7-9-32-10-8-29)27-18(28-21)16-3-1-2-5-23-16/h1-5,7,13-14,30-31H,6,8-12H2,(H,26,32);2-4,6-7,9,14H,5,8,10-13H2,1H3,(H,25,31);1-3,5-6,8,13H,4,7,9-12H2,(H,24,30)(H,25,26,31);1-3,5,11-13H,4,6-10H2,(H,24,30)(H,25,26,31). The number of thiophene rings is 4. The van der Waals surface area contributed by atoms with Crippen LogP contribution in [0.2, 0.25) is 0 Å². The number of nitrogens with one attached hydrogen (secondary N) is 6. The number of carbonyl (C=O) groups is 4. The van der Waals surface area contributed by atoms with Crippen molar-refractivity contribution in [1.82, 2.24) is 111 Å². The molecule has 19 heterocycles. The molecule has 4 amide bonds. The average Bonchev–Trinajstić information content (AvgIpc) is 1.61. The highest BCUT2D eigenvalue weighted by Crippen LogP contribution is 2.40. The highest BCUT2D eigenvalue weighted by atomic mass is 32.1. The van der Waals surface area contributed by atoms with Gasteiger partial charge in [-0.05, 0) is 96.8 Å². The Morgan fingerprint density at radius 1 is 0.388 bits per heavy atom. The Labute approximate surface area is 779 Å².